The summed E-state index contributed by atoms with van der Waals surface area (Å²) in [5.74, 6) is 0.941. The third-order valence-electron chi connectivity index (χ3n) is 3.29. The van der Waals surface area contributed by atoms with E-state index in [4.69, 9.17) is 9.84 Å². The highest BCUT2D eigenvalue weighted by Crippen LogP contribution is 2.18. The van der Waals surface area contributed by atoms with Crippen molar-refractivity contribution < 1.29 is 9.84 Å². The molecule has 2 rings (SSSR count). The Labute approximate surface area is 117 Å². The van der Waals surface area contributed by atoms with Crippen molar-refractivity contribution in [3.05, 3.63) is 45.9 Å². The lowest BCUT2D eigenvalue weighted by atomic mass is 10.0. The van der Waals surface area contributed by atoms with Crippen molar-refractivity contribution in [2.45, 2.75) is 26.2 Å². The van der Waals surface area contributed by atoms with Crippen LogP contribution in [0.15, 0.2) is 29.1 Å². The fourth-order valence-electron chi connectivity index (χ4n) is 2.23. The largest absolute Gasteiger partial charge is 0.497 e. The van der Waals surface area contributed by atoms with Crippen LogP contribution < -0.4 is 10.3 Å². The van der Waals surface area contributed by atoms with Crippen molar-refractivity contribution in [3.63, 3.8) is 0 Å². The lowest BCUT2D eigenvalue weighted by Gasteiger charge is -2.05. The van der Waals surface area contributed by atoms with Crippen LogP contribution >= 0.6 is 0 Å². The first-order valence-corrected chi connectivity index (χ1v) is 6.67. The van der Waals surface area contributed by atoms with Gasteiger partial charge in [0.05, 0.1) is 12.8 Å². The second kappa shape index (κ2) is 5.96. The molecule has 1 aromatic carbocycles. The summed E-state index contributed by atoms with van der Waals surface area (Å²) in [6.45, 7) is 4.00. The van der Waals surface area contributed by atoms with Gasteiger partial charge in [0.25, 0.3) is 5.56 Å². The van der Waals surface area contributed by atoms with Gasteiger partial charge in [0.1, 0.15) is 5.75 Å². The third kappa shape index (κ3) is 2.63. The van der Waals surface area contributed by atoms with Gasteiger partial charge in [-0.05, 0) is 30.2 Å². The van der Waals surface area contributed by atoms with Crippen LogP contribution in [-0.2, 0) is 6.42 Å². The van der Waals surface area contributed by atoms with E-state index in [1.807, 2.05) is 38.1 Å². The second-order valence-corrected chi connectivity index (χ2v) is 4.97. The summed E-state index contributed by atoms with van der Waals surface area (Å²) in [7, 11) is 1.60. The van der Waals surface area contributed by atoms with Crippen LogP contribution in [0.1, 0.15) is 31.0 Å². The summed E-state index contributed by atoms with van der Waals surface area (Å²) in [5.41, 5.74) is 2.17. The highest BCUT2D eigenvalue weighted by Gasteiger charge is 2.16. The number of nitrogens with one attached hydrogen (secondary N) is 1. The van der Waals surface area contributed by atoms with Crippen molar-refractivity contribution >= 4 is 0 Å². The van der Waals surface area contributed by atoms with Gasteiger partial charge in [-0.15, -0.1) is 0 Å². The molecule has 0 bridgehead atoms. The number of H-pyrrole nitrogens is 1. The number of hydrogen-bond donors (Lipinski definition) is 2. The van der Waals surface area contributed by atoms with Crippen LogP contribution in [0.4, 0.5) is 0 Å². The molecular weight excluding hydrogens is 256 g/mol. The van der Waals surface area contributed by atoms with E-state index < -0.39 is 0 Å². The summed E-state index contributed by atoms with van der Waals surface area (Å²) in [6.07, 6.45) is 0.367. The van der Waals surface area contributed by atoms with Gasteiger partial charge in [0.2, 0.25) is 0 Å². The molecule has 5 heteroatoms. The maximum absolute atomic E-state index is 12.4. The van der Waals surface area contributed by atoms with Gasteiger partial charge in [-0.25, -0.2) is 4.68 Å². The molecule has 2 N–H and O–H groups in total. The minimum Gasteiger partial charge on any atom is -0.497 e. The van der Waals surface area contributed by atoms with Crippen LogP contribution in [0.3, 0.4) is 0 Å². The standard InChI is InChI=1S/C15H20N2O3/c1-10(2)14-13(8-9-18)15(19)17(16-14)11-4-6-12(20-3)7-5-11/h4-7,10,16,18H,8-9H2,1-3H3. The van der Waals surface area contributed by atoms with Gasteiger partial charge in [-0.3, -0.25) is 9.89 Å². The van der Waals surface area contributed by atoms with Crippen LogP contribution in [0.2, 0.25) is 0 Å². The number of rotatable bonds is 5. The van der Waals surface area contributed by atoms with E-state index in [1.165, 1.54) is 4.68 Å². The maximum atomic E-state index is 12.4. The molecule has 108 valence electrons. The van der Waals surface area contributed by atoms with Crippen molar-refractivity contribution in [2.24, 2.45) is 0 Å². The Bertz CT molecular complexity index is 624. The molecule has 0 radical (unpaired) electrons. The van der Waals surface area contributed by atoms with Crippen LogP contribution in [0.25, 0.3) is 5.69 Å². The van der Waals surface area contributed by atoms with Gasteiger partial charge in [-0.2, -0.15) is 0 Å². The minimum absolute atomic E-state index is 0.0323. The average Bonchev–Trinajstić information content (AvgIpc) is 2.77. The van der Waals surface area contributed by atoms with E-state index in [9.17, 15) is 4.79 Å². The Hall–Kier alpha value is -2.01. The highest BCUT2D eigenvalue weighted by molar-refractivity contribution is 5.38. The topological polar surface area (TPSA) is 67.2 Å². The Morgan fingerprint density at radius 2 is 1.95 bits per heavy atom. The SMILES string of the molecule is COc1ccc(-n2[nH]c(C(C)C)c(CCO)c2=O)cc1. The van der Waals surface area contributed by atoms with Crippen molar-refractivity contribution in [1.29, 1.82) is 0 Å². The number of aromatic nitrogens is 2. The molecule has 0 atom stereocenters. The van der Waals surface area contributed by atoms with Gasteiger partial charge in [0, 0.05) is 24.3 Å². The first-order chi connectivity index (χ1) is 9.58. The normalized spacial score (nSPS) is 11.1. The molecule has 0 saturated heterocycles. The van der Waals surface area contributed by atoms with Crippen LogP contribution in [0, 0.1) is 0 Å². The van der Waals surface area contributed by atoms with E-state index in [-0.39, 0.29) is 18.1 Å². The molecule has 2 aromatic rings. The Kier molecular flexibility index (Phi) is 4.29. The average molecular weight is 276 g/mol. The van der Waals surface area contributed by atoms with E-state index in [0.29, 0.717) is 12.0 Å². The molecule has 1 aromatic heterocycles. The number of nitrogens with zero attached hydrogens (tertiary/aromatic N) is 1. The van der Waals surface area contributed by atoms with Crippen molar-refractivity contribution in [1.82, 2.24) is 9.78 Å². The number of aliphatic hydroxyl groups excluding tert-OH is 1. The molecule has 0 aliphatic carbocycles. The summed E-state index contributed by atoms with van der Waals surface area (Å²) in [5, 5.41) is 12.3. The Balaban J connectivity index is 2.50. The van der Waals surface area contributed by atoms with Gasteiger partial charge >= 0.3 is 0 Å². The van der Waals surface area contributed by atoms with Crippen LogP contribution in [0.5, 0.6) is 5.75 Å². The maximum Gasteiger partial charge on any atom is 0.274 e. The molecule has 20 heavy (non-hydrogen) atoms. The van der Waals surface area contributed by atoms with Crippen LogP contribution in [-0.4, -0.2) is 28.6 Å². The summed E-state index contributed by atoms with van der Waals surface area (Å²) in [6, 6.07) is 7.26. The third-order valence-corrected chi connectivity index (χ3v) is 3.29. The smallest absolute Gasteiger partial charge is 0.274 e. The Morgan fingerprint density at radius 1 is 1.30 bits per heavy atom. The molecule has 0 spiro atoms. The molecule has 0 aliphatic rings. The number of aliphatic hydroxyl groups is 1. The quantitative estimate of drug-likeness (QED) is 0.875. The number of methoxy groups -OCH3 is 1. The predicted molar refractivity (Wildman–Crippen MR) is 77.8 cm³/mol. The van der Waals surface area contributed by atoms with Crippen molar-refractivity contribution in [2.75, 3.05) is 13.7 Å². The lowest BCUT2D eigenvalue weighted by Crippen LogP contribution is -2.18. The molecule has 0 fully saturated rings. The summed E-state index contributed by atoms with van der Waals surface area (Å²) in [4.78, 5) is 12.4. The zero-order valence-electron chi connectivity index (χ0n) is 12.0. The number of aromatic amines is 1. The predicted octanol–water partition coefficient (Wildman–Crippen LogP) is 1.83. The highest BCUT2D eigenvalue weighted by atomic mass is 16.5. The minimum atomic E-state index is -0.104. The molecule has 0 saturated carbocycles. The zero-order chi connectivity index (χ0) is 14.7. The molecule has 0 aliphatic heterocycles. The van der Waals surface area contributed by atoms with Gasteiger partial charge in [-0.1, -0.05) is 13.8 Å². The Morgan fingerprint density at radius 3 is 2.45 bits per heavy atom. The molecule has 0 unspecified atom stereocenters. The lowest BCUT2D eigenvalue weighted by molar-refractivity contribution is 0.299. The number of benzene rings is 1. The summed E-state index contributed by atoms with van der Waals surface area (Å²) >= 11 is 0. The summed E-state index contributed by atoms with van der Waals surface area (Å²) < 4.78 is 6.62. The fourth-order valence-corrected chi connectivity index (χ4v) is 2.23. The molecule has 0 amide bonds. The van der Waals surface area contributed by atoms with Gasteiger partial charge < -0.3 is 9.84 Å². The number of ether oxygens (including phenoxy) is 1. The molecule has 5 nitrogen and oxygen atoms in total. The van der Waals surface area contributed by atoms with E-state index in [1.54, 1.807) is 7.11 Å². The van der Waals surface area contributed by atoms with E-state index in [0.717, 1.165) is 17.1 Å². The van der Waals surface area contributed by atoms with Crippen molar-refractivity contribution in [3.8, 4) is 11.4 Å². The van der Waals surface area contributed by atoms with E-state index >= 15 is 0 Å². The molecule has 1 heterocycles. The second-order valence-electron chi connectivity index (χ2n) is 4.97. The van der Waals surface area contributed by atoms with Gasteiger partial charge in [0.15, 0.2) is 0 Å². The first kappa shape index (κ1) is 14.4. The first-order valence-electron chi connectivity index (χ1n) is 6.67. The fraction of sp³-hybridized carbons (Fsp3) is 0.400. The van der Waals surface area contributed by atoms with E-state index in [2.05, 4.69) is 5.10 Å². The zero-order valence-corrected chi connectivity index (χ0v) is 12.0. The number of hydrogen-bond acceptors (Lipinski definition) is 3. The monoisotopic (exact) mass is 276 g/mol. The molecular formula is C15H20N2O3.